The fourth-order valence-corrected chi connectivity index (χ4v) is 1.18. The number of aliphatic hydroxyl groups is 1. The lowest BCUT2D eigenvalue weighted by molar-refractivity contribution is 0.207. The molecule has 0 saturated carbocycles. The predicted molar refractivity (Wildman–Crippen MR) is 51.4 cm³/mol. The molecule has 1 atom stereocenters. The summed E-state index contributed by atoms with van der Waals surface area (Å²) in [6.45, 7) is 1.29. The predicted octanol–water partition coefficient (Wildman–Crippen LogP) is 0.430. The molecule has 0 aliphatic rings. The van der Waals surface area contributed by atoms with Gasteiger partial charge < -0.3 is 15.9 Å². The Balaban J connectivity index is 3.31. The number of rotatable bonds is 2. The zero-order chi connectivity index (χ0) is 10.8. The van der Waals surface area contributed by atoms with Crippen LogP contribution in [-0.2, 0) is 5.54 Å². The molecule has 0 amide bonds. The number of aliphatic hydroxyl groups excluding tert-OH is 1. The summed E-state index contributed by atoms with van der Waals surface area (Å²) >= 11 is 0. The van der Waals surface area contributed by atoms with Gasteiger partial charge in [-0.3, -0.25) is 0 Å². The Kier molecular flexibility index (Phi) is 2.75. The molecular weight excluding hydrogens is 180 g/mol. The van der Waals surface area contributed by atoms with Crippen LogP contribution in [-0.4, -0.2) is 16.8 Å². The van der Waals surface area contributed by atoms with E-state index in [9.17, 15) is 5.11 Å². The smallest absolute Gasteiger partial charge is 0.138 e. The molecule has 4 nitrogen and oxygen atoms in total. The van der Waals surface area contributed by atoms with Gasteiger partial charge in [-0.05, 0) is 13.0 Å². The minimum absolute atomic E-state index is 0.158. The molecule has 0 spiro atoms. The van der Waals surface area contributed by atoms with Gasteiger partial charge in [0, 0.05) is 5.56 Å². The van der Waals surface area contributed by atoms with E-state index in [1.54, 1.807) is 19.1 Å². The summed E-state index contributed by atoms with van der Waals surface area (Å²) in [6, 6.07) is 6.55. The van der Waals surface area contributed by atoms with Crippen LogP contribution >= 0.6 is 0 Å². The molecule has 4 heteroatoms. The van der Waals surface area contributed by atoms with Gasteiger partial charge in [0.2, 0.25) is 0 Å². The third kappa shape index (κ3) is 1.69. The molecule has 0 radical (unpaired) electrons. The lowest BCUT2D eigenvalue weighted by Crippen LogP contribution is -2.37. The second-order valence-corrected chi connectivity index (χ2v) is 3.39. The zero-order valence-corrected chi connectivity index (χ0v) is 7.86. The third-order valence-corrected chi connectivity index (χ3v) is 2.10. The van der Waals surface area contributed by atoms with Crippen molar-refractivity contribution >= 4 is 0 Å². The molecule has 74 valence electrons. The number of benzene rings is 1. The standard InChI is InChI=1S/C10H12N2O2/c1-10(12,6-13)8-4-2-3-7(5-11)9(8)14/h2-4,13-14H,6,12H2,1H3. The molecule has 0 fully saturated rings. The molecule has 1 unspecified atom stereocenters. The number of hydrogen-bond acceptors (Lipinski definition) is 4. The second-order valence-electron chi connectivity index (χ2n) is 3.39. The van der Waals surface area contributed by atoms with Crippen molar-refractivity contribution in [3.63, 3.8) is 0 Å². The molecule has 1 aromatic rings. The van der Waals surface area contributed by atoms with Crippen LogP contribution in [0.25, 0.3) is 0 Å². The number of aromatic hydroxyl groups is 1. The first kappa shape index (κ1) is 10.5. The van der Waals surface area contributed by atoms with Crippen molar-refractivity contribution < 1.29 is 10.2 Å². The Labute approximate surface area is 82.2 Å². The van der Waals surface area contributed by atoms with Gasteiger partial charge in [0.05, 0.1) is 17.7 Å². The number of para-hydroxylation sites is 1. The van der Waals surface area contributed by atoms with Gasteiger partial charge in [-0.1, -0.05) is 12.1 Å². The molecule has 0 heterocycles. The molecule has 0 aliphatic heterocycles. The Morgan fingerprint density at radius 2 is 2.21 bits per heavy atom. The van der Waals surface area contributed by atoms with Crippen molar-refractivity contribution in [2.75, 3.05) is 6.61 Å². The van der Waals surface area contributed by atoms with Gasteiger partial charge in [-0.25, -0.2) is 0 Å². The number of nitriles is 1. The number of nitrogens with two attached hydrogens (primary N) is 1. The molecule has 14 heavy (non-hydrogen) atoms. The van der Waals surface area contributed by atoms with Crippen molar-refractivity contribution in [2.45, 2.75) is 12.5 Å². The minimum Gasteiger partial charge on any atom is -0.506 e. The van der Waals surface area contributed by atoms with Crippen molar-refractivity contribution in [1.82, 2.24) is 0 Å². The zero-order valence-electron chi connectivity index (χ0n) is 7.86. The highest BCUT2D eigenvalue weighted by molar-refractivity contribution is 5.49. The van der Waals surface area contributed by atoms with E-state index in [2.05, 4.69) is 0 Å². The van der Waals surface area contributed by atoms with Crippen LogP contribution in [0.15, 0.2) is 18.2 Å². The van der Waals surface area contributed by atoms with E-state index in [1.807, 2.05) is 6.07 Å². The average Bonchev–Trinajstić information content (AvgIpc) is 2.18. The largest absolute Gasteiger partial charge is 0.506 e. The summed E-state index contributed by atoms with van der Waals surface area (Å²) in [7, 11) is 0. The van der Waals surface area contributed by atoms with Crippen molar-refractivity contribution in [1.29, 1.82) is 5.26 Å². The van der Waals surface area contributed by atoms with Crippen LogP contribution < -0.4 is 5.73 Å². The van der Waals surface area contributed by atoms with Crippen LogP contribution in [0.2, 0.25) is 0 Å². The van der Waals surface area contributed by atoms with E-state index in [0.29, 0.717) is 5.56 Å². The maximum absolute atomic E-state index is 9.64. The van der Waals surface area contributed by atoms with Crippen LogP contribution in [0.1, 0.15) is 18.1 Å². The van der Waals surface area contributed by atoms with E-state index >= 15 is 0 Å². The molecule has 0 aromatic heterocycles. The SMILES string of the molecule is CC(N)(CO)c1cccc(C#N)c1O. The van der Waals surface area contributed by atoms with Crippen LogP contribution in [0.4, 0.5) is 0 Å². The van der Waals surface area contributed by atoms with Gasteiger partial charge in [-0.2, -0.15) is 5.26 Å². The lowest BCUT2D eigenvalue weighted by atomic mass is 9.92. The number of hydrogen-bond donors (Lipinski definition) is 3. The molecule has 1 rings (SSSR count). The Bertz CT molecular complexity index is 380. The minimum atomic E-state index is -1.03. The maximum atomic E-state index is 9.64. The third-order valence-electron chi connectivity index (χ3n) is 2.10. The van der Waals surface area contributed by atoms with Gasteiger partial charge in [0.1, 0.15) is 11.8 Å². The number of phenols is 1. The highest BCUT2D eigenvalue weighted by Gasteiger charge is 2.24. The van der Waals surface area contributed by atoms with Crippen molar-refractivity contribution in [3.8, 4) is 11.8 Å². The van der Waals surface area contributed by atoms with Crippen LogP contribution in [0.3, 0.4) is 0 Å². The van der Waals surface area contributed by atoms with Gasteiger partial charge in [0.25, 0.3) is 0 Å². The van der Waals surface area contributed by atoms with E-state index in [0.717, 1.165) is 0 Å². The topological polar surface area (TPSA) is 90.3 Å². The number of nitrogens with zero attached hydrogens (tertiary/aromatic N) is 1. The van der Waals surface area contributed by atoms with Gasteiger partial charge in [0.15, 0.2) is 0 Å². The summed E-state index contributed by atoms with van der Waals surface area (Å²) in [6.07, 6.45) is 0. The molecule has 0 bridgehead atoms. The Morgan fingerprint density at radius 1 is 1.57 bits per heavy atom. The quantitative estimate of drug-likeness (QED) is 0.633. The monoisotopic (exact) mass is 192 g/mol. The highest BCUT2D eigenvalue weighted by Crippen LogP contribution is 2.29. The Morgan fingerprint density at radius 3 is 2.71 bits per heavy atom. The first-order valence-electron chi connectivity index (χ1n) is 4.15. The second kappa shape index (κ2) is 3.66. The summed E-state index contributed by atoms with van der Waals surface area (Å²) in [5.74, 6) is -0.158. The van der Waals surface area contributed by atoms with Crippen LogP contribution in [0, 0.1) is 11.3 Å². The summed E-state index contributed by atoms with van der Waals surface area (Å²) in [4.78, 5) is 0. The fourth-order valence-electron chi connectivity index (χ4n) is 1.18. The first-order valence-corrected chi connectivity index (χ1v) is 4.15. The van der Waals surface area contributed by atoms with E-state index < -0.39 is 5.54 Å². The summed E-state index contributed by atoms with van der Waals surface area (Å²) in [5, 5.41) is 27.3. The van der Waals surface area contributed by atoms with E-state index in [-0.39, 0.29) is 17.9 Å². The fraction of sp³-hybridized carbons (Fsp3) is 0.300. The van der Waals surface area contributed by atoms with Crippen LogP contribution in [0.5, 0.6) is 5.75 Å². The molecule has 4 N–H and O–H groups in total. The van der Waals surface area contributed by atoms with Gasteiger partial charge in [-0.15, -0.1) is 0 Å². The molecular formula is C10H12N2O2. The lowest BCUT2D eigenvalue weighted by Gasteiger charge is -2.23. The van der Waals surface area contributed by atoms with Crippen molar-refractivity contribution in [2.24, 2.45) is 5.73 Å². The van der Waals surface area contributed by atoms with E-state index in [1.165, 1.54) is 6.07 Å². The normalized spacial score (nSPS) is 14.4. The Hall–Kier alpha value is -1.57. The summed E-state index contributed by atoms with van der Waals surface area (Å²) < 4.78 is 0. The highest BCUT2D eigenvalue weighted by atomic mass is 16.3. The average molecular weight is 192 g/mol. The van der Waals surface area contributed by atoms with Gasteiger partial charge >= 0.3 is 0 Å². The molecule has 0 saturated heterocycles. The molecule has 1 aromatic carbocycles. The first-order chi connectivity index (χ1) is 6.53. The summed E-state index contributed by atoms with van der Waals surface area (Å²) in [5.41, 5.74) is 5.25. The molecule has 0 aliphatic carbocycles. The van der Waals surface area contributed by atoms with Crippen molar-refractivity contribution in [3.05, 3.63) is 29.3 Å². The maximum Gasteiger partial charge on any atom is 0.138 e. The van der Waals surface area contributed by atoms with E-state index in [4.69, 9.17) is 16.1 Å². The number of phenolic OH excluding ortho intramolecular Hbond substituents is 1.